The average molecular weight is 421 g/mol. The Labute approximate surface area is 182 Å². The van der Waals surface area contributed by atoms with Crippen LogP contribution in [0.3, 0.4) is 0 Å². The van der Waals surface area contributed by atoms with Gasteiger partial charge in [-0.2, -0.15) is 0 Å². The third-order valence-electron chi connectivity index (χ3n) is 6.90. The van der Waals surface area contributed by atoms with Crippen LogP contribution in [0.25, 0.3) is 0 Å². The van der Waals surface area contributed by atoms with Crippen molar-refractivity contribution in [2.75, 3.05) is 7.05 Å². The number of nitrogens with zero attached hydrogens (tertiary/aromatic N) is 3. The molecule has 3 atom stereocenters. The van der Waals surface area contributed by atoms with Crippen LogP contribution in [0.1, 0.15) is 30.5 Å². The Morgan fingerprint density at radius 3 is 2.35 bits per heavy atom. The second-order valence-electron chi connectivity index (χ2n) is 8.87. The zero-order chi connectivity index (χ0) is 22.2. The van der Waals surface area contributed by atoms with Crippen molar-refractivity contribution in [2.45, 2.75) is 38.4 Å². The number of carbonyl (C=O) groups is 2. The van der Waals surface area contributed by atoms with Crippen molar-refractivity contribution in [3.63, 3.8) is 0 Å². The van der Waals surface area contributed by atoms with Crippen molar-refractivity contribution in [1.82, 2.24) is 9.80 Å². The lowest BCUT2D eigenvalue weighted by Gasteiger charge is -2.36. The molecule has 2 fully saturated rings. The molecule has 0 saturated carbocycles. The van der Waals surface area contributed by atoms with Crippen LogP contribution < -0.4 is 5.90 Å². The number of likely N-dealkylation sites (N-methyl/N-ethyl adjacent to an activating group) is 1. The number of imide groups is 1. The number of carbonyl (C=O) groups excluding carboxylic acids is 2. The minimum absolute atomic E-state index is 0.0517. The standard InChI is InChI=1S/C24H28N4O3/c1-24(2)21-20(22(29)28(23(21)30)15-18-7-5-4-6-8-18)19(27(24)3)13-16-9-11-17(12-10-16)14-26-31-25/h4-12,14,19-21H,13,15,25H2,1-3H3/b26-14+. The molecule has 2 aliphatic heterocycles. The predicted molar refractivity (Wildman–Crippen MR) is 118 cm³/mol. The van der Waals surface area contributed by atoms with Crippen molar-refractivity contribution in [3.8, 4) is 0 Å². The molecule has 4 rings (SSSR count). The number of amides is 2. The smallest absolute Gasteiger partial charge is 0.235 e. The second-order valence-corrected chi connectivity index (χ2v) is 8.87. The average Bonchev–Trinajstić information content (AvgIpc) is 3.13. The minimum atomic E-state index is -0.404. The molecular weight excluding hydrogens is 392 g/mol. The Morgan fingerprint density at radius 2 is 1.71 bits per heavy atom. The molecular formula is C24H28N4O3. The Bertz CT molecular complexity index is 988. The summed E-state index contributed by atoms with van der Waals surface area (Å²) in [5, 5.41) is 3.57. The number of hydrogen-bond acceptors (Lipinski definition) is 6. The fourth-order valence-corrected chi connectivity index (χ4v) is 5.03. The highest BCUT2D eigenvalue weighted by molar-refractivity contribution is 6.06. The third kappa shape index (κ3) is 3.75. The first-order chi connectivity index (χ1) is 14.8. The van der Waals surface area contributed by atoms with Gasteiger partial charge in [0.25, 0.3) is 0 Å². The van der Waals surface area contributed by atoms with Gasteiger partial charge in [0.15, 0.2) is 0 Å². The van der Waals surface area contributed by atoms with Crippen molar-refractivity contribution in [1.29, 1.82) is 0 Å². The van der Waals surface area contributed by atoms with Crippen LogP contribution in [0.5, 0.6) is 0 Å². The third-order valence-corrected chi connectivity index (χ3v) is 6.90. The minimum Gasteiger partial charge on any atom is -0.303 e. The molecule has 0 aliphatic carbocycles. The first kappa shape index (κ1) is 21.2. The maximum atomic E-state index is 13.4. The van der Waals surface area contributed by atoms with Gasteiger partial charge in [0.1, 0.15) is 0 Å². The molecule has 2 heterocycles. The van der Waals surface area contributed by atoms with Gasteiger partial charge >= 0.3 is 0 Å². The first-order valence-electron chi connectivity index (χ1n) is 10.4. The Hall–Kier alpha value is -3.03. The largest absolute Gasteiger partial charge is 0.303 e. The van der Waals surface area contributed by atoms with Gasteiger partial charge in [0.2, 0.25) is 11.8 Å². The molecule has 2 aromatic carbocycles. The second kappa shape index (κ2) is 8.24. The van der Waals surface area contributed by atoms with Crippen LogP contribution in [0.15, 0.2) is 59.8 Å². The van der Waals surface area contributed by atoms with E-state index in [1.807, 2.05) is 61.6 Å². The Kier molecular flexibility index (Phi) is 5.64. The SMILES string of the molecule is CN1C(Cc2ccc(/C=N/ON)cc2)C2C(=O)N(Cc3ccccc3)C(=O)C2C1(C)C. The fraction of sp³-hybridized carbons (Fsp3) is 0.375. The van der Waals surface area contributed by atoms with Crippen LogP contribution in [-0.2, 0) is 27.5 Å². The van der Waals surface area contributed by atoms with Crippen LogP contribution in [0, 0.1) is 11.8 Å². The number of benzene rings is 2. The zero-order valence-electron chi connectivity index (χ0n) is 18.1. The van der Waals surface area contributed by atoms with Crippen molar-refractivity contribution < 1.29 is 14.5 Å². The lowest BCUT2D eigenvalue weighted by Crippen LogP contribution is -2.48. The molecule has 7 heteroatoms. The molecule has 2 saturated heterocycles. The maximum absolute atomic E-state index is 13.4. The molecule has 162 valence electrons. The predicted octanol–water partition coefficient (Wildman–Crippen LogP) is 2.35. The van der Waals surface area contributed by atoms with Gasteiger partial charge in [-0.25, -0.2) is 0 Å². The van der Waals surface area contributed by atoms with Gasteiger partial charge in [-0.15, -0.1) is 5.90 Å². The molecule has 2 amide bonds. The van der Waals surface area contributed by atoms with E-state index in [0.717, 1.165) is 16.7 Å². The summed E-state index contributed by atoms with van der Waals surface area (Å²) in [6, 6.07) is 17.5. The first-order valence-corrected chi connectivity index (χ1v) is 10.4. The summed E-state index contributed by atoms with van der Waals surface area (Å²) in [6.45, 7) is 4.46. The summed E-state index contributed by atoms with van der Waals surface area (Å²) in [6.07, 6.45) is 2.22. The summed E-state index contributed by atoms with van der Waals surface area (Å²) >= 11 is 0. The summed E-state index contributed by atoms with van der Waals surface area (Å²) < 4.78 is 0. The normalized spacial score (nSPS) is 25.4. The monoisotopic (exact) mass is 420 g/mol. The number of nitrogens with two attached hydrogens (primary N) is 1. The molecule has 0 bridgehead atoms. The van der Waals surface area contributed by atoms with Gasteiger partial charge < -0.3 is 4.94 Å². The quantitative estimate of drug-likeness (QED) is 0.440. The van der Waals surface area contributed by atoms with Crippen molar-refractivity contribution >= 4 is 18.0 Å². The van der Waals surface area contributed by atoms with E-state index in [2.05, 4.69) is 28.8 Å². The van der Waals surface area contributed by atoms with Crippen LogP contribution >= 0.6 is 0 Å². The molecule has 0 spiro atoms. The van der Waals surface area contributed by atoms with Crippen molar-refractivity contribution in [3.05, 3.63) is 71.3 Å². The number of fused-ring (bicyclic) bond motifs is 1. The van der Waals surface area contributed by atoms with E-state index in [1.165, 1.54) is 11.1 Å². The van der Waals surface area contributed by atoms with Crippen molar-refractivity contribution in [2.24, 2.45) is 22.9 Å². The number of hydrogen-bond donors (Lipinski definition) is 1. The highest BCUT2D eigenvalue weighted by Gasteiger charge is 2.64. The fourth-order valence-electron chi connectivity index (χ4n) is 5.03. The van der Waals surface area contributed by atoms with E-state index in [4.69, 9.17) is 5.90 Å². The molecule has 31 heavy (non-hydrogen) atoms. The van der Waals surface area contributed by atoms with Gasteiger partial charge in [-0.05, 0) is 44.0 Å². The molecule has 2 aromatic rings. The number of rotatable bonds is 6. The molecule has 2 N–H and O–H groups in total. The van der Waals surface area contributed by atoms with Gasteiger partial charge in [0.05, 0.1) is 24.6 Å². The summed E-state index contributed by atoms with van der Waals surface area (Å²) in [4.78, 5) is 34.7. The maximum Gasteiger partial charge on any atom is 0.235 e. The van der Waals surface area contributed by atoms with Gasteiger partial charge in [0, 0.05) is 11.6 Å². The van der Waals surface area contributed by atoms with E-state index in [1.54, 1.807) is 0 Å². The Morgan fingerprint density at radius 1 is 1.03 bits per heavy atom. The van der Waals surface area contributed by atoms with E-state index >= 15 is 0 Å². The van der Waals surface area contributed by atoms with Gasteiger partial charge in [-0.1, -0.05) is 59.8 Å². The zero-order valence-corrected chi connectivity index (χ0v) is 18.1. The highest BCUT2D eigenvalue weighted by atomic mass is 16.7. The summed E-state index contributed by atoms with van der Waals surface area (Å²) in [5.41, 5.74) is 2.53. The van der Waals surface area contributed by atoms with E-state index in [-0.39, 0.29) is 29.7 Å². The number of likely N-dealkylation sites (tertiary alicyclic amines) is 2. The summed E-state index contributed by atoms with van der Waals surface area (Å²) in [5.74, 6) is 4.11. The molecule has 0 radical (unpaired) electrons. The lowest BCUT2D eigenvalue weighted by atomic mass is 9.81. The van der Waals surface area contributed by atoms with E-state index in [0.29, 0.717) is 13.0 Å². The van der Waals surface area contributed by atoms with E-state index in [9.17, 15) is 9.59 Å². The van der Waals surface area contributed by atoms with E-state index < -0.39 is 5.54 Å². The van der Waals surface area contributed by atoms with Crippen LogP contribution in [0.2, 0.25) is 0 Å². The molecule has 0 aromatic heterocycles. The topological polar surface area (TPSA) is 88.2 Å². The molecule has 7 nitrogen and oxygen atoms in total. The lowest BCUT2D eigenvalue weighted by molar-refractivity contribution is -0.142. The Balaban J connectivity index is 1.58. The van der Waals surface area contributed by atoms with Gasteiger partial charge in [-0.3, -0.25) is 19.4 Å². The highest BCUT2D eigenvalue weighted by Crippen LogP contribution is 2.48. The van der Waals surface area contributed by atoms with Crippen LogP contribution in [-0.4, -0.2) is 46.5 Å². The molecule has 3 unspecified atom stereocenters. The summed E-state index contributed by atoms with van der Waals surface area (Å²) in [7, 11) is 2.02. The number of oxime groups is 1. The molecule has 2 aliphatic rings. The van der Waals surface area contributed by atoms with Crippen LogP contribution in [0.4, 0.5) is 0 Å².